The molecule has 0 spiro atoms. The first-order chi connectivity index (χ1) is 14.2. The van der Waals surface area contributed by atoms with E-state index in [9.17, 15) is 13.2 Å². The highest BCUT2D eigenvalue weighted by Crippen LogP contribution is 2.26. The van der Waals surface area contributed by atoms with E-state index in [1.54, 1.807) is 24.3 Å². The smallest absolute Gasteiger partial charge is 0.257 e. The number of amides is 1. The molecule has 8 heteroatoms. The Labute approximate surface area is 181 Å². The highest BCUT2D eigenvalue weighted by molar-refractivity contribution is 7.89. The maximum atomic E-state index is 12.7. The Balaban J connectivity index is 1.76. The van der Waals surface area contributed by atoms with E-state index >= 15 is 0 Å². The molecule has 0 bridgehead atoms. The molecule has 0 aliphatic heterocycles. The SMILES string of the molecule is Cc1cccc(Oc2ccc(NC(=O)c3cc(S(=O)(=O)N(C)C)ccc3Cl)cc2)c1. The number of carbonyl (C=O) groups excluding carboxylic acids is 1. The molecule has 1 amide bonds. The largest absolute Gasteiger partial charge is 0.457 e. The first-order valence-corrected chi connectivity index (χ1v) is 10.9. The Bertz CT molecular complexity index is 1180. The van der Waals surface area contributed by atoms with Crippen molar-refractivity contribution in [3.8, 4) is 11.5 Å². The molecule has 156 valence electrons. The second kappa shape index (κ2) is 8.87. The Kier molecular flexibility index (Phi) is 6.45. The number of sulfonamides is 1. The molecule has 30 heavy (non-hydrogen) atoms. The van der Waals surface area contributed by atoms with Crippen molar-refractivity contribution in [1.29, 1.82) is 0 Å². The molecule has 0 fully saturated rings. The van der Waals surface area contributed by atoms with E-state index in [1.165, 1.54) is 32.3 Å². The van der Waals surface area contributed by atoms with Gasteiger partial charge in [-0.1, -0.05) is 23.7 Å². The fourth-order valence-electron chi connectivity index (χ4n) is 2.67. The first kappa shape index (κ1) is 21.8. The summed E-state index contributed by atoms with van der Waals surface area (Å²) in [6, 6.07) is 18.5. The van der Waals surface area contributed by atoms with Crippen molar-refractivity contribution < 1.29 is 17.9 Å². The number of rotatable bonds is 6. The van der Waals surface area contributed by atoms with Gasteiger partial charge < -0.3 is 10.1 Å². The van der Waals surface area contributed by atoms with Gasteiger partial charge in [-0.15, -0.1) is 0 Å². The number of anilines is 1. The van der Waals surface area contributed by atoms with Crippen LogP contribution < -0.4 is 10.1 Å². The van der Waals surface area contributed by atoms with Gasteiger partial charge in [0.15, 0.2) is 0 Å². The Morgan fingerprint density at radius 1 is 0.967 bits per heavy atom. The van der Waals surface area contributed by atoms with Crippen LogP contribution in [0.15, 0.2) is 71.6 Å². The fraction of sp³-hybridized carbons (Fsp3) is 0.136. The molecule has 0 aliphatic carbocycles. The van der Waals surface area contributed by atoms with Crippen LogP contribution in [0.1, 0.15) is 15.9 Å². The number of hydrogen-bond acceptors (Lipinski definition) is 4. The summed E-state index contributed by atoms with van der Waals surface area (Å²) in [5.74, 6) is 0.830. The molecule has 3 rings (SSSR count). The summed E-state index contributed by atoms with van der Waals surface area (Å²) in [5.41, 5.74) is 1.68. The lowest BCUT2D eigenvalue weighted by Gasteiger charge is -2.13. The zero-order valence-corrected chi connectivity index (χ0v) is 18.3. The van der Waals surface area contributed by atoms with Crippen LogP contribution in [-0.4, -0.2) is 32.7 Å². The topological polar surface area (TPSA) is 75.7 Å². The van der Waals surface area contributed by atoms with Crippen molar-refractivity contribution in [1.82, 2.24) is 4.31 Å². The number of hydrogen-bond donors (Lipinski definition) is 1. The van der Waals surface area contributed by atoms with Crippen LogP contribution in [0.4, 0.5) is 5.69 Å². The van der Waals surface area contributed by atoms with Crippen molar-refractivity contribution >= 4 is 33.2 Å². The van der Waals surface area contributed by atoms with Crippen LogP contribution in [0, 0.1) is 6.92 Å². The molecule has 3 aromatic carbocycles. The number of aryl methyl sites for hydroxylation is 1. The second-order valence-corrected chi connectivity index (χ2v) is 9.39. The monoisotopic (exact) mass is 444 g/mol. The van der Waals surface area contributed by atoms with Gasteiger partial charge in [-0.3, -0.25) is 4.79 Å². The number of benzene rings is 3. The maximum absolute atomic E-state index is 12.7. The Morgan fingerprint density at radius 3 is 2.30 bits per heavy atom. The van der Waals surface area contributed by atoms with Crippen molar-refractivity contribution in [3.05, 3.63) is 82.9 Å². The minimum atomic E-state index is -3.68. The number of ether oxygens (including phenoxy) is 1. The second-order valence-electron chi connectivity index (χ2n) is 6.83. The van der Waals surface area contributed by atoms with Gasteiger partial charge in [0, 0.05) is 19.8 Å². The molecule has 0 aromatic heterocycles. The summed E-state index contributed by atoms with van der Waals surface area (Å²) in [4.78, 5) is 12.7. The molecular weight excluding hydrogens is 424 g/mol. The van der Waals surface area contributed by atoms with Crippen molar-refractivity contribution in [2.45, 2.75) is 11.8 Å². The zero-order chi connectivity index (χ0) is 21.9. The van der Waals surface area contributed by atoms with Gasteiger partial charge in [-0.25, -0.2) is 12.7 Å². The van der Waals surface area contributed by atoms with E-state index in [2.05, 4.69) is 5.32 Å². The lowest BCUT2D eigenvalue weighted by molar-refractivity contribution is 0.102. The van der Waals surface area contributed by atoms with Gasteiger partial charge >= 0.3 is 0 Å². The molecule has 6 nitrogen and oxygen atoms in total. The van der Waals surface area contributed by atoms with E-state index in [0.29, 0.717) is 11.4 Å². The van der Waals surface area contributed by atoms with E-state index in [1.807, 2.05) is 31.2 Å². The van der Waals surface area contributed by atoms with Crippen LogP contribution in [0.3, 0.4) is 0 Å². The third-order valence-corrected chi connectivity index (χ3v) is 6.44. The predicted molar refractivity (Wildman–Crippen MR) is 118 cm³/mol. The van der Waals surface area contributed by atoms with Crippen molar-refractivity contribution in [3.63, 3.8) is 0 Å². The summed E-state index contributed by atoms with van der Waals surface area (Å²) >= 11 is 6.13. The normalized spacial score (nSPS) is 11.4. The van der Waals surface area contributed by atoms with Crippen LogP contribution in [0.25, 0.3) is 0 Å². The third kappa shape index (κ3) is 4.99. The predicted octanol–water partition coefficient (Wildman–Crippen LogP) is 4.94. The Hall–Kier alpha value is -2.87. The van der Waals surface area contributed by atoms with Gasteiger partial charge in [-0.05, 0) is 67.1 Å². The van der Waals surface area contributed by atoms with E-state index in [0.717, 1.165) is 15.6 Å². The summed E-state index contributed by atoms with van der Waals surface area (Å²) in [6.07, 6.45) is 0. The standard InChI is InChI=1S/C22H21ClN2O4S/c1-15-5-4-6-18(13-15)29-17-9-7-16(8-10-17)24-22(26)20-14-19(11-12-21(20)23)30(27,28)25(2)3/h4-14H,1-3H3,(H,24,26). The molecule has 0 saturated heterocycles. The molecule has 0 atom stereocenters. The third-order valence-electron chi connectivity index (χ3n) is 4.30. The van der Waals surface area contributed by atoms with Gasteiger partial charge in [0.05, 0.1) is 15.5 Å². The molecule has 1 N–H and O–H groups in total. The molecule has 0 heterocycles. The summed E-state index contributed by atoms with van der Waals surface area (Å²) in [7, 11) is -0.841. The molecular formula is C22H21ClN2O4S. The average molecular weight is 445 g/mol. The van der Waals surface area contributed by atoms with E-state index in [4.69, 9.17) is 16.3 Å². The molecule has 0 unspecified atom stereocenters. The van der Waals surface area contributed by atoms with Gasteiger partial charge in [0.25, 0.3) is 5.91 Å². The zero-order valence-electron chi connectivity index (χ0n) is 16.7. The van der Waals surface area contributed by atoms with Crippen LogP contribution in [0.2, 0.25) is 5.02 Å². The number of nitrogens with zero attached hydrogens (tertiary/aromatic N) is 1. The van der Waals surface area contributed by atoms with Crippen molar-refractivity contribution in [2.75, 3.05) is 19.4 Å². The van der Waals surface area contributed by atoms with E-state index in [-0.39, 0.29) is 15.5 Å². The van der Waals surface area contributed by atoms with Crippen LogP contribution in [-0.2, 0) is 10.0 Å². The summed E-state index contributed by atoms with van der Waals surface area (Å²) < 4.78 is 31.5. The van der Waals surface area contributed by atoms with Gasteiger partial charge in [0.2, 0.25) is 10.0 Å². The van der Waals surface area contributed by atoms with Crippen molar-refractivity contribution in [2.24, 2.45) is 0 Å². The number of halogens is 1. The minimum Gasteiger partial charge on any atom is -0.457 e. The lowest BCUT2D eigenvalue weighted by Crippen LogP contribution is -2.23. The lowest BCUT2D eigenvalue weighted by atomic mass is 10.2. The van der Waals surface area contributed by atoms with Gasteiger partial charge in [-0.2, -0.15) is 0 Å². The highest BCUT2D eigenvalue weighted by Gasteiger charge is 2.21. The van der Waals surface area contributed by atoms with Crippen LogP contribution >= 0.6 is 11.6 Å². The first-order valence-electron chi connectivity index (χ1n) is 9.05. The minimum absolute atomic E-state index is 0.0102. The summed E-state index contributed by atoms with van der Waals surface area (Å²) in [6.45, 7) is 1.98. The molecule has 0 aliphatic rings. The fourth-order valence-corrected chi connectivity index (χ4v) is 3.80. The van der Waals surface area contributed by atoms with E-state index < -0.39 is 15.9 Å². The molecule has 0 saturated carbocycles. The van der Waals surface area contributed by atoms with Gasteiger partial charge in [0.1, 0.15) is 11.5 Å². The van der Waals surface area contributed by atoms with Crippen LogP contribution in [0.5, 0.6) is 11.5 Å². The summed E-state index contributed by atoms with van der Waals surface area (Å²) in [5, 5.41) is 2.88. The molecule has 3 aromatic rings. The average Bonchev–Trinajstić information content (AvgIpc) is 2.69. The quantitative estimate of drug-likeness (QED) is 0.584. The highest BCUT2D eigenvalue weighted by atomic mass is 35.5. The molecule has 0 radical (unpaired) electrons. The number of nitrogens with one attached hydrogen (secondary N) is 1. The number of carbonyl (C=O) groups is 1. The maximum Gasteiger partial charge on any atom is 0.257 e. The Morgan fingerprint density at radius 2 is 1.67 bits per heavy atom.